The molecule has 21 heavy (non-hydrogen) atoms. The number of aliphatic hydroxyl groups excluding tert-OH is 1. The quantitative estimate of drug-likeness (QED) is 0.795. The summed E-state index contributed by atoms with van der Waals surface area (Å²) in [5.41, 5.74) is 0.519. The Balaban J connectivity index is 2.26. The minimum absolute atomic E-state index is 0.0723. The van der Waals surface area contributed by atoms with Crippen LogP contribution in [0.4, 0.5) is 0 Å². The molecular formula is C15H19NO4S. The topological polar surface area (TPSA) is 75.6 Å². The molecule has 0 spiro atoms. The average Bonchev–Trinajstić information content (AvgIpc) is 3.18. The SMILES string of the molecule is COc1ccc(C#CCO)cc1S(=O)(=O)NCC1CC1C. The van der Waals surface area contributed by atoms with Crippen LogP contribution in [0.3, 0.4) is 0 Å². The Morgan fingerprint density at radius 1 is 1.48 bits per heavy atom. The van der Waals surface area contributed by atoms with Crippen LogP contribution in [0.25, 0.3) is 0 Å². The molecule has 0 bridgehead atoms. The molecule has 114 valence electrons. The van der Waals surface area contributed by atoms with E-state index < -0.39 is 10.0 Å². The number of rotatable bonds is 5. The summed E-state index contributed by atoms with van der Waals surface area (Å²) >= 11 is 0. The predicted molar refractivity (Wildman–Crippen MR) is 79.4 cm³/mol. The molecule has 1 saturated carbocycles. The van der Waals surface area contributed by atoms with Crippen molar-refractivity contribution in [2.24, 2.45) is 11.8 Å². The van der Waals surface area contributed by atoms with Crippen molar-refractivity contribution < 1.29 is 18.3 Å². The van der Waals surface area contributed by atoms with Crippen LogP contribution in [-0.4, -0.2) is 33.8 Å². The Morgan fingerprint density at radius 3 is 2.76 bits per heavy atom. The lowest BCUT2D eigenvalue weighted by Crippen LogP contribution is -2.26. The van der Waals surface area contributed by atoms with E-state index in [4.69, 9.17) is 9.84 Å². The molecule has 0 saturated heterocycles. The number of sulfonamides is 1. The van der Waals surface area contributed by atoms with Crippen molar-refractivity contribution in [2.75, 3.05) is 20.3 Å². The van der Waals surface area contributed by atoms with Gasteiger partial charge in [-0.15, -0.1) is 0 Å². The predicted octanol–water partition coefficient (Wildman–Crippen LogP) is 0.973. The molecule has 2 rings (SSSR count). The molecule has 1 fully saturated rings. The van der Waals surface area contributed by atoms with Gasteiger partial charge >= 0.3 is 0 Å². The van der Waals surface area contributed by atoms with Gasteiger partial charge in [-0.2, -0.15) is 0 Å². The molecule has 1 aromatic rings. The Morgan fingerprint density at radius 2 is 2.19 bits per heavy atom. The molecule has 2 N–H and O–H groups in total. The van der Waals surface area contributed by atoms with Crippen molar-refractivity contribution in [3.63, 3.8) is 0 Å². The van der Waals surface area contributed by atoms with Gasteiger partial charge in [0, 0.05) is 12.1 Å². The molecule has 0 heterocycles. The first-order valence-corrected chi connectivity index (χ1v) is 8.23. The number of hydrogen-bond acceptors (Lipinski definition) is 4. The van der Waals surface area contributed by atoms with Gasteiger partial charge in [0.15, 0.2) is 0 Å². The summed E-state index contributed by atoms with van der Waals surface area (Å²) < 4.78 is 32.5. The Labute approximate surface area is 125 Å². The molecular weight excluding hydrogens is 290 g/mol. The highest BCUT2D eigenvalue weighted by Crippen LogP contribution is 2.37. The number of nitrogens with one attached hydrogen (secondary N) is 1. The van der Waals surface area contributed by atoms with E-state index in [0.717, 1.165) is 6.42 Å². The van der Waals surface area contributed by atoms with Crippen LogP contribution in [0.2, 0.25) is 0 Å². The smallest absolute Gasteiger partial charge is 0.244 e. The number of methoxy groups -OCH3 is 1. The van der Waals surface area contributed by atoms with E-state index in [9.17, 15) is 8.42 Å². The third-order valence-electron chi connectivity index (χ3n) is 3.58. The average molecular weight is 309 g/mol. The summed E-state index contributed by atoms with van der Waals surface area (Å²) in [6.07, 6.45) is 1.06. The molecule has 1 aliphatic carbocycles. The van der Waals surface area contributed by atoms with Crippen LogP contribution in [0.5, 0.6) is 5.75 Å². The van der Waals surface area contributed by atoms with E-state index in [-0.39, 0.29) is 17.3 Å². The van der Waals surface area contributed by atoms with E-state index in [2.05, 4.69) is 23.5 Å². The molecule has 0 amide bonds. The zero-order valence-electron chi connectivity index (χ0n) is 12.1. The zero-order valence-corrected chi connectivity index (χ0v) is 12.9. The van der Waals surface area contributed by atoms with Crippen molar-refractivity contribution in [2.45, 2.75) is 18.2 Å². The van der Waals surface area contributed by atoms with Gasteiger partial charge in [0.05, 0.1) is 7.11 Å². The van der Waals surface area contributed by atoms with E-state index in [1.165, 1.54) is 13.2 Å². The minimum Gasteiger partial charge on any atom is -0.495 e. The van der Waals surface area contributed by atoms with Crippen molar-refractivity contribution >= 4 is 10.0 Å². The first-order valence-electron chi connectivity index (χ1n) is 6.75. The van der Waals surface area contributed by atoms with Crippen LogP contribution in [-0.2, 0) is 10.0 Å². The molecule has 0 radical (unpaired) electrons. The summed E-state index contributed by atoms with van der Waals surface area (Å²) in [4.78, 5) is 0.0723. The van der Waals surface area contributed by atoms with Crippen LogP contribution in [0, 0.1) is 23.7 Å². The molecule has 0 aliphatic heterocycles. The zero-order chi connectivity index (χ0) is 15.5. The molecule has 1 aliphatic rings. The van der Waals surface area contributed by atoms with Crippen LogP contribution < -0.4 is 9.46 Å². The second kappa shape index (κ2) is 6.48. The maximum atomic E-state index is 12.4. The van der Waals surface area contributed by atoms with Gasteiger partial charge in [0.1, 0.15) is 17.3 Å². The van der Waals surface area contributed by atoms with E-state index in [1.807, 2.05) is 0 Å². The number of ether oxygens (including phenoxy) is 1. The fraction of sp³-hybridized carbons (Fsp3) is 0.467. The lowest BCUT2D eigenvalue weighted by atomic mass is 10.2. The second-order valence-corrected chi connectivity index (χ2v) is 6.89. The molecule has 2 unspecified atom stereocenters. The van der Waals surface area contributed by atoms with Crippen molar-refractivity contribution in [1.29, 1.82) is 0 Å². The van der Waals surface area contributed by atoms with Crippen LogP contribution in [0.15, 0.2) is 23.1 Å². The summed E-state index contributed by atoms with van der Waals surface area (Å²) in [6.45, 7) is 2.27. The van der Waals surface area contributed by atoms with Crippen LogP contribution >= 0.6 is 0 Å². The molecule has 0 aromatic heterocycles. The first-order chi connectivity index (χ1) is 9.97. The van der Waals surface area contributed by atoms with Gasteiger partial charge in [-0.1, -0.05) is 18.8 Å². The molecule has 2 atom stereocenters. The fourth-order valence-electron chi connectivity index (χ4n) is 2.08. The van der Waals surface area contributed by atoms with E-state index >= 15 is 0 Å². The summed E-state index contributed by atoms with van der Waals surface area (Å²) in [6, 6.07) is 4.68. The van der Waals surface area contributed by atoms with E-state index in [1.54, 1.807) is 12.1 Å². The Bertz CT molecular complexity index is 673. The highest BCUT2D eigenvalue weighted by atomic mass is 32.2. The van der Waals surface area contributed by atoms with Gasteiger partial charge in [-0.3, -0.25) is 0 Å². The highest BCUT2D eigenvalue weighted by Gasteiger charge is 2.33. The third kappa shape index (κ3) is 3.97. The number of benzene rings is 1. The minimum atomic E-state index is -3.63. The van der Waals surface area contributed by atoms with Gasteiger partial charge in [-0.25, -0.2) is 13.1 Å². The van der Waals surface area contributed by atoms with Crippen molar-refractivity contribution in [3.05, 3.63) is 23.8 Å². The first kappa shape index (κ1) is 15.8. The molecule has 1 aromatic carbocycles. The lowest BCUT2D eigenvalue weighted by Gasteiger charge is -2.11. The van der Waals surface area contributed by atoms with Gasteiger partial charge in [0.2, 0.25) is 10.0 Å². The molecule has 5 nitrogen and oxygen atoms in total. The summed E-state index contributed by atoms with van der Waals surface area (Å²) in [5.74, 6) is 6.47. The van der Waals surface area contributed by atoms with Crippen molar-refractivity contribution in [3.8, 4) is 17.6 Å². The summed E-state index contributed by atoms with van der Waals surface area (Å²) in [7, 11) is -2.21. The lowest BCUT2D eigenvalue weighted by molar-refractivity contribution is 0.350. The standard InChI is InChI=1S/C15H19NO4S/c1-11-8-13(11)10-16-21(18,19)15-9-12(4-3-7-17)5-6-14(15)20-2/h5-6,9,11,13,16-17H,7-8,10H2,1-2H3. The largest absolute Gasteiger partial charge is 0.495 e. The second-order valence-electron chi connectivity index (χ2n) is 5.15. The van der Waals surface area contributed by atoms with Crippen molar-refractivity contribution in [1.82, 2.24) is 4.72 Å². The highest BCUT2D eigenvalue weighted by molar-refractivity contribution is 7.89. The number of aliphatic hydroxyl groups is 1. The van der Waals surface area contributed by atoms with Gasteiger partial charge in [0.25, 0.3) is 0 Å². The Hall–Kier alpha value is -1.55. The third-order valence-corrected chi connectivity index (χ3v) is 5.02. The normalized spacial score (nSPS) is 20.5. The molecule has 6 heteroatoms. The van der Waals surface area contributed by atoms with Gasteiger partial charge < -0.3 is 9.84 Å². The maximum absolute atomic E-state index is 12.4. The van der Waals surface area contributed by atoms with E-state index in [0.29, 0.717) is 23.9 Å². The summed E-state index contributed by atoms with van der Waals surface area (Å²) in [5, 5.41) is 8.71. The Kier molecular flexibility index (Phi) is 4.88. The maximum Gasteiger partial charge on any atom is 0.244 e. The monoisotopic (exact) mass is 309 g/mol. The van der Waals surface area contributed by atoms with Gasteiger partial charge in [-0.05, 0) is 36.5 Å². The number of hydrogen-bond donors (Lipinski definition) is 2. The fourth-order valence-corrected chi connectivity index (χ4v) is 3.37. The van der Waals surface area contributed by atoms with Crippen LogP contribution in [0.1, 0.15) is 18.9 Å².